The second-order valence-electron chi connectivity index (χ2n) is 15.9. The average molecular weight is 1070 g/mol. The maximum atomic E-state index is 12.4. The molecule has 2 aliphatic heterocycles. The number of hydrogen-bond donors (Lipinski definition) is 4. The summed E-state index contributed by atoms with van der Waals surface area (Å²) in [4.78, 5) is 62.9. The van der Waals surface area contributed by atoms with Crippen molar-refractivity contribution in [3.63, 3.8) is 0 Å². The van der Waals surface area contributed by atoms with E-state index in [0.29, 0.717) is 51.7 Å². The third kappa shape index (κ3) is 26.3. The molecule has 2 heterocycles. The van der Waals surface area contributed by atoms with E-state index in [1.54, 1.807) is 79.7 Å². The number of likely N-dealkylation sites (tertiary alicyclic amines) is 1. The highest BCUT2D eigenvalue weighted by atomic mass is 35.5. The topological polar surface area (TPSA) is 363 Å². The number of ether oxygens (including phenoxy) is 4. The van der Waals surface area contributed by atoms with Gasteiger partial charge in [0, 0.05) is 71.4 Å². The zero-order chi connectivity index (χ0) is 53.6. The number of benzene rings is 2. The summed E-state index contributed by atoms with van der Waals surface area (Å²) in [6, 6.07) is 10.5. The highest BCUT2D eigenvalue weighted by Crippen LogP contribution is 2.25. The molecule has 2 amide bonds. The molecule has 0 saturated carbocycles. The number of ketones is 1. The Bertz CT molecular complexity index is 2270. The first-order valence-electron chi connectivity index (χ1n) is 21.1. The lowest BCUT2D eigenvalue weighted by Crippen LogP contribution is -2.48. The molecule has 2 aromatic rings. The minimum absolute atomic E-state index is 0.0343. The molecule has 2 aliphatic rings. The van der Waals surface area contributed by atoms with Crippen LogP contribution in [0.4, 0.5) is 9.59 Å². The normalized spacial score (nSPS) is 15.1. The zero-order valence-corrected chi connectivity index (χ0v) is 43.2. The van der Waals surface area contributed by atoms with E-state index in [-0.39, 0.29) is 45.1 Å². The summed E-state index contributed by atoms with van der Waals surface area (Å²) >= 11 is 23.6. The quantitative estimate of drug-likeness (QED) is 0.0453. The lowest BCUT2D eigenvalue weighted by atomic mass is 9.97. The highest BCUT2D eigenvalue weighted by molar-refractivity contribution is 6.35. The van der Waals surface area contributed by atoms with E-state index in [0.717, 1.165) is 16.8 Å². The van der Waals surface area contributed by atoms with Crippen LogP contribution in [-0.4, -0.2) is 90.3 Å². The molecule has 1 saturated heterocycles. The second-order valence-corrected chi connectivity index (χ2v) is 17.6. The van der Waals surface area contributed by atoms with E-state index in [9.17, 15) is 24.0 Å². The van der Waals surface area contributed by atoms with E-state index in [1.807, 2.05) is 12.1 Å². The number of carbonyl (C=O) groups is 5. The molecule has 0 aromatic heterocycles. The van der Waals surface area contributed by atoms with Crippen LogP contribution in [-0.2, 0) is 46.4 Å². The van der Waals surface area contributed by atoms with Crippen molar-refractivity contribution >= 4 is 76.3 Å². The van der Waals surface area contributed by atoms with Crippen LogP contribution in [0, 0.1) is 17.0 Å². The molecular weight excluding hydrogens is 1020 g/mol. The first-order valence-corrected chi connectivity index (χ1v) is 22.6. The maximum Gasteiger partial charge on any atom is 0.410 e. The number of nitrogens with two attached hydrogens (primary N) is 1. The van der Waals surface area contributed by atoms with Crippen LogP contribution >= 0.6 is 46.4 Å². The Kier molecular flexibility index (Phi) is 29.1. The van der Waals surface area contributed by atoms with Gasteiger partial charge in [0.1, 0.15) is 17.1 Å². The molecule has 0 bridgehead atoms. The van der Waals surface area contributed by atoms with Gasteiger partial charge >= 0.3 is 24.1 Å². The molecule has 31 heteroatoms. The fraction of sp³-hybridized carbons (Fsp3) is 0.525. The maximum absolute atomic E-state index is 12.4. The Morgan fingerprint density at radius 2 is 1.14 bits per heavy atom. The molecule has 1 unspecified atom stereocenters. The summed E-state index contributed by atoms with van der Waals surface area (Å²) in [6.07, 6.45) is -0.315. The van der Waals surface area contributed by atoms with Crippen LogP contribution in [0.3, 0.4) is 0 Å². The molecule has 27 nitrogen and oxygen atoms in total. The van der Waals surface area contributed by atoms with Crippen molar-refractivity contribution in [2.75, 3.05) is 39.4 Å². The molecule has 1 atom stereocenters. The average Bonchev–Trinajstić information content (AvgIpc) is 3.29. The molecule has 4 rings (SSSR count). The molecule has 0 aliphatic carbocycles. The first-order chi connectivity index (χ1) is 33.5. The van der Waals surface area contributed by atoms with Gasteiger partial charge in [-0.3, -0.25) is 9.59 Å². The van der Waals surface area contributed by atoms with Crippen molar-refractivity contribution in [1.82, 2.24) is 15.1 Å². The zero-order valence-electron chi connectivity index (χ0n) is 40.1. The number of nitrogens with zero attached hydrogens (tertiary/aromatic N) is 14. The van der Waals surface area contributed by atoms with Crippen molar-refractivity contribution < 1.29 is 42.9 Å². The molecule has 2 aromatic carbocycles. The minimum atomic E-state index is -0.888. The van der Waals surface area contributed by atoms with Gasteiger partial charge in [-0.25, -0.2) is 14.4 Å². The number of esters is 2. The van der Waals surface area contributed by atoms with E-state index in [2.05, 4.69) is 68.0 Å². The fourth-order valence-electron chi connectivity index (χ4n) is 5.36. The van der Waals surface area contributed by atoms with Crippen LogP contribution in [0.15, 0.2) is 110 Å². The summed E-state index contributed by atoms with van der Waals surface area (Å²) < 4.78 is 20.7. The summed E-state index contributed by atoms with van der Waals surface area (Å²) in [5, 5.41) is 39.4. The second kappa shape index (κ2) is 33.1. The van der Waals surface area contributed by atoms with Crippen LogP contribution in [0.25, 0.3) is 0 Å². The van der Waals surface area contributed by atoms with Gasteiger partial charge in [-0.1, -0.05) is 58.5 Å². The van der Waals surface area contributed by atoms with Crippen molar-refractivity contribution in [3.05, 3.63) is 78.9 Å². The Hall–Kier alpha value is -6.55. The number of Topliss-reactive ketones (excluding diaryl/α,β-unsaturated/α-hetero) is 1. The predicted molar refractivity (Wildman–Crippen MR) is 256 cm³/mol. The van der Waals surface area contributed by atoms with Crippen LogP contribution in [0.1, 0.15) is 79.4 Å². The molecule has 0 spiro atoms. The van der Waals surface area contributed by atoms with Crippen molar-refractivity contribution in [2.45, 2.75) is 92.5 Å². The summed E-state index contributed by atoms with van der Waals surface area (Å²) in [7, 11) is 0. The Morgan fingerprint density at radius 3 is 1.58 bits per heavy atom. The first kappa shape index (κ1) is 62.5. The Morgan fingerprint density at radius 1 is 0.690 bits per heavy atom. The van der Waals surface area contributed by atoms with Crippen LogP contribution < -0.4 is 11.1 Å². The molecule has 1 fully saturated rings. The smallest absolute Gasteiger partial charge is 0.410 e. The molecule has 0 radical (unpaired) electrons. The highest BCUT2D eigenvalue weighted by Gasteiger charge is 2.37. The van der Waals surface area contributed by atoms with E-state index >= 15 is 0 Å². The number of rotatable bonds is 14. The lowest BCUT2D eigenvalue weighted by Gasteiger charge is -2.32. The molecular formula is C40H56Cl4N18O9. The minimum Gasteiger partial charge on any atom is -0.465 e. The third-order valence-electron chi connectivity index (χ3n) is 8.35. The SMILES string of the molecule is CCOC(=O)C1=C(NCc2ccc(Cl)cc2Cl)CCN(C(=O)OC(C)(C)C)C1.CCOC(=O)C1CN(C(=O)OC(C)(C)C)CCC1=O.N=N/N=N/N=N/N=N/N=N/N=N/N=N.NCc1ccc(Cl)cc1Cl. The summed E-state index contributed by atoms with van der Waals surface area (Å²) in [5.41, 5.74) is 19.4. The summed E-state index contributed by atoms with van der Waals surface area (Å²) in [6.45, 7) is 16.4. The van der Waals surface area contributed by atoms with E-state index < -0.39 is 41.2 Å². The van der Waals surface area contributed by atoms with Gasteiger partial charge in [0.05, 0.1) is 25.3 Å². The number of nitrogens with one attached hydrogen (secondary N) is 3. The number of piperidine rings is 1. The van der Waals surface area contributed by atoms with E-state index in [4.69, 9.17) is 82.1 Å². The molecule has 5 N–H and O–H groups in total. The number of halogens is 4. The van der Waals surface area contributed by atoms with Crippen LogP contribution in [0.2, 0.25) is 20.1 Å². The standard InChI is InChI=1S/C20H26Cl2N2O4.C13H21NO5.C7H7Cl2N.H2N14/c1-5-27-18(25)15-12-24(19(26)28-20(2,3)4)9-8-17(15)23-11-13-6-7-14(21)10-16(13)22;1-5-18-11(16)9-8-14(7-6-10(9)15)12(17)19-13(2,3)4;8-6-2-1-5(4-10)7(9)3-6;1-3-5-7-9-11-13-14-12-10-8-6-4-2/h6-7,10,23H,5,8-9,11-12H2,1-4H3;9H,5-8H2,1-4H3;1-3H,4,10H2;1-2H/b;;;3-1?,4-2?,7-5+,8-6+,11-9+,12-10+,14-13+. The number of amides is 2. The molecule has 388 valence electrons. The van der Waals surface area contributed by atoms with Gasteiger partial charge in [0.15, 0.2) is 5.78 Å². The monoisotopic (exact) mass is 1070 g/mol. The van der Waals surface area contributed by atoms with Gasteiger partial charge in [-0.15, -0.1) is 0 Å². The van der Waals surface area contributed by atoms with Crippen molar-refractivity contribution in [1.29, 1.82) is 11.1 Å². The van der Waals surface area contributed by atoms with Crippen molar-refractivity contribution in [2.24, 2.45) is 74.3 Å². The number of carbonyl (C=O) groups excluding carboxylic acids is 5. The van der Waals surface area contributed by atoms with Gasteiger partial charge in [0.25, 0.3) is 0 Å². The Balaban J connectivity index is 0.000000508. The van der Waals surface area contributed by atoms with Gasteiger partial charge in [-0.05, 0) is 153 Å². The summed E-state index contributed by atoms with van der Waals surface area (Å²) in [5.74, 6) is -2.08. The van der Waals surface area contributed by atoms with Crippen molar-refractivity contribution in [3.8, 4) is 0 Å². The van der Waals surface area contributed by atoms with Crippen LogP contribution in [0.5, 0.6) is 0 Å². The fourth-order valence-corrected chi connectivity index (χ4v) is 6.32. The largest absolute Gasteiger partial charge is 0.465 e. The van der Waals surface area contributed by atoms with Gasteiger partial charge in [0.2, 0.25) is 0 Å². The van der Waals surface area contributed by atoms with E-state index in [1.165, 1.54) is 9.80 Å². The number of hydrogen-bond acceptors (Lipinski definition) is 13. The Labute approximate surface area is 428 Å². The van der Waals surface area contributed by atoms with Gasteiger partial charge in [-0.2, -0.15) is 11.1 Å². The predicted octanol–water partition coefficient (Wildman–Crippen LogP) is 11.2. The third-order valence-corrected chi connectivity index (χ3v) is 9.53. The lowest BCUT2D eigenvalue weighted by molar-refractivity contribution is -0.153. The molecule has 71 heavy (non-hydrogen) atoms. The van der Waals surface area contributed by atoms with Gasteiger partial charge < -0.3 is 39.8 Å².